The molecule has 4 nitrogen and oxygen atoms in total. The minimum Gasteiger partial charge on any atom is -0.384 e. The maximum Gasteiger partial charge on any atom is 0.300 e. The summed E-state index contributed by atoms with van der Waals surface area (Å²) in [4.78, 5) is 3.99. The van der Waals surface area contributed by atoms with Gasteiger partial charge in [0.2, 0.25) is 0 Å². The first-order valence-corrected chi connectivity index (χ1v) is 7.92. The van der Waals surface area contributed by atoms with E-state index >= 15 is 0 Å². The molecule has 1 atom stereocenters. The molecule has 0 radical (unpaired) electrons. The molecular formula is C15H22F2N2O2S. The molecule has 0 fully saturated rings. The Bertz CT molecular complexity index is 602. The summed E-state index contributed by atoms with van der Waals surface area (Å²) in [6.45, 7) is 8.97. The first-order valence-electron chi connectivity index (χ1n) is 6.81. The summed E-state index contributed by atoms with van der Waals surface area (Å²) in [5.41, 5.74) is -2.05. The maximum absolute atomic E-state index is 14.2. The van der Waals surface area contributed by atoms with Crippen LogP contribution in [0.1, 0.15) is 52.8 Å². The van der Waals surface area contributed by atoms with Crippen LogP contribution >= 0.6 is 0 Å². The van der Waals surface area contributed by atoms with Gasteiger partial charge in [0.25, 0.3) is 0 Å². The van der Waals surface area contributed by atoms with Crippen molar-refractivity contribution in [3.05, 3.63) is 29.6 Å². The zero-order valence-corrected chi connectivity index (χ0v) is 14.5. The molecule has 0 aliphatic heterocycles. The number of rotatable bonds is 4. The average Bonchev–Trinajstić information content (AvgIpc) is 2.36. The lowest BCUT2D eigenvalue weighted by atomic mass is 9.93. The fraction of sp³-hybridized carbons (Fsp3) is 0.600. The van der Waals surface area contributed by atoms with Crippen molar-refractivity contribution in [2.24, 2.45) is 4.40 Å². The molecule has 0 saturated heterocycles. The van der Waals surface area contributed by atoms with Gasteiger partial charge in [0.05, 0.1) is 16.2 Å². The fourth-order valence-electron chi connectivity index (χ4n) is 1.48. The van der Waals surface area contributed by atoms with Gasteiger partial charge in [0.1, 0.15) is 16.6 Å². The zero-order chi connectivity index (χ0) is 17.3. The predicted molar refractivity (Wildman–Crippen MR) is 84.5 cm³/mol. The van der Waals surface area contributed by atoms with Crippen LogP contribution in [-0.2, 0) is 16.9 Å². The number of hydrogen-bond donors (Lipinski definition) is 1. The second kappa shape index (κ2) is 6.12. The summed E-state index contributed by atoms with van der Waals surface area (Å²) >= 11 is 0. The maximum atomic E-state index is 14.2. The molecular weight excluding hydrogens is 310 g/mol. The fourth-order valence-corrected chi connectivity index (χ4v) is 2.10. The van der Waals surface area contributed by atoms with Crippen molar-refractivity contribution in [2.75, 3.05) is 0 Å². The lowest BCUT2D eigenvalue weighted by molar-refractivity contribution is -0.168. The SMILES string of the molecule is C/C(=N\[S@](=O)C(C)(C)C)c1cc(C(F)(F)C(C)(C)O)ccn1. The third kappa shape index (κ3) is 4.16. The Balaban J connectivity index is 3.23. The topological polar surface area (TPSA) is 62.5 Å². The molecule has 0 saturated carbocycles. The third-order valence-corrected chi connectivity index (χ3v) is 4.49. The van der Waals surface area contributed by atoms with Gasteiger partial charge in [-0.2, -0.15) is 13.2 Å². The van der Waals surface area contributed by atoms with Gasteiger partial charge >= 0.3 is 5.92 Å². The smallest absolute Gasteiger partial charge is 0.300 e. The van der Waals surface area contributed by atoms with Crippen LogP contribution in [0.2, 0.25) is 0 Å². The van der Waals surface area contributed by atoms with Crippen LogP contribution < -0.4 is 0 Å². The molecule has 0 aromatic carbocycles. The van der Waals surface area contributed by atoms with E-state index in [9.17, 15) is 18.1 Å². The summed E-state index contributed by atoms with van der Waals surface area (Å²) in [6, 6.07) is 2.31. The van der Waals surface area contributed by atoms with E-state index in [2.05, 4.69) is 9.38 Å². The summed E-state index contributed by atoms with van der Waals surface area (Å²) in [6.07, 6.45) is 1.23. The number of pyridine rings is 1. The Morgan fingerprint density at radius 2 is 1.82 bits per heavy atom. The number of aliphatic hydroxyl groups is 1. The van der Waals surface area contributed by atoms with Crippen LogP contribution in [0.25, 0.3) is 0 Å². The van der Waals surface area contributed by atoms with Crippen molar-refractivity contribution < 1.29 is 18.1 Å². The highest BCUT2D eigenvalue weighted by Gasteiger charge is 2.47. The molecule has 0 aliphatic rings. The van der Waals surface area contributed by atoms with E-state index in [1.165, 1.54) is 6.20 Å². The standard InChI is InChI=1S/C15H22F2N2O2S/c1-10(19-22(21)13(2,3)4)12-9-11(7-8-18-12)15(16,17)14(5,6)20/h7-9,20H,1-6H3/b19-10+/t22-/m1/s1. The van der Waals surface area contributed by atoms with Crippen molar-refractivity contribution >= 4 is 16.7 Å². The quantitative estimate of drug-likeness (QED) is 0.861. The van der Waals surface area contributed by atoms with Crippen LogP contribution in [-0.4, -0.2) is 30.4 Å². The van der Waals surface area contributed by atoms with E-state index in [4.69, 9.17) is 0 Å². The zero-order valence-electron chi connectivity index (χ0n) is 13.6. The monoisotopic (exact) mass is 332 g/mol. The number of nitrogens with zero attached hydrogens (tertiary/aromatic N) is 2. The molecule has 0 amide bonds. The molecule has 0 spiro atoms. The van der Waals surface area contributed by atoms with Gasteiger partial charge in [-0.3, -0.25) is 4.98 Å². The molecule has 124 valence electrons. The van der Waals surface area contributed by atoms with E-state index in [0.717, 1.165) is 26.0 Å². The second-order valence-electron chi connectivity index (χ2n) is 6.60. The van der Waals surface area contributed by atoms with E-state index in [0.29, 0.717) is 5.71 Å². The van der Waals surface area contributed by atoms with E-state index in [1.807, 2.05) is 0 Å². The summed E-state index contributed by atoms with van der Waals surface area (Å²) < 4.78 is 43.8. The first kappa shape index (κ1) is 18.8. The van der Waals surface area contributed by atoms with Gasteiger partial charge in [-0.15, -0.1) is 0 Å². The van der Waals surface area contributed by atoms with Crippen molar-refractivity contribution in [1.82, 2.24) is 4.98 Å². The van der Waals surface area contributed by atoms with Crippen LogP contribution in [0.3, 0.4) is 0 Å². The highest BCUT2D eigenvalue weighted by molar-refractivity contribution is 7.85. The van der Waals surface area contributed by atoms with Gasteiger partial charge < -0.3 is 5.11 Å². The van der Waals surface area contributed by atoms with Crippen LogP contribution in [0.4, 0.5) is 8.78 Å². The minimum absolute atomic E-state index is 0.207. The van der Waals surface area contributed by atoms with Gasteiger partial charge in [-0.05, 0) is 53.7 Å². The Kier molecular flexibility index (Phi) is 5.24. The molecule has 1 N–H and O–H groups in total. The average molecular weight is 332 g/mol. The van der Waals surface area contributed by atoms with Crippen LogP contribution in [0.15, 0.2) is 22.7 Å². The number of alkyl halides is 2. The summed E-state index contributed by atoms with van der Waals surface area (Å²) in [7, 11) is -1.50. The second-order valence-corrected chi connectivity index (χ2v) is 8.51. The molecule has 0 bridgehead atoms. The first-order chi connectivity index (χ1) is 9.76. The molecule has 1 aromatic heterocycles. The molecule has 0 aliphatic carbocycles. The van der Waals surface area contributed by atoms with E-state index in [1.54, 1.807) is 27.7 Å². The summed E-state index contributed by atoms with van der Waals surface area (Å²) in [5.74, 6) is -3.44. The molecule has 1 aromatic rings. The molecule has 1 heterocycles. The highest BCUT2D eigenvalue weighted by atomic mass is 32.2. The van der Waals surface area contributed by atoms with E-state index in [-0.39, 0.29) is 11.3 Å². The molecule has 0 unspecified atom stereocenters. The number of halogens is 2. The lowest BCUT2D eigenvalue weighted by Gasteiger charge is -2.29. The third-order valence-electron chi connectivity index (χ3n) is 3.01. The van der Waals surface area contributed by atoms with Gasteiger partial charge in [-0.1, -0.05) is 0 Å². The Morgan fingerprint density at radius 3 is 2.27 bits per heavy atom. The van der Waals surface area contributed by atoms with Gasteiger partial charge in [-0.25, -0.2) is 4.21 Å². The lowest BCUT2D eigenvalue weighted by Crippen LogP contribution is -2.40. The predicted octanol–water partition coefficient (Wildman–Crippen LogP) is 3.22. The van der Waals surface area contributed by atoms with Gasteiger partial charge in [0, 0.05) is 11.8 Å². The van der Waals surface area contributed by atoms with Gasteiger partial charge in [0.15, 0.2) is 0 Å². The Hall–Kier alpha value is -1.21. The Morgan fingerprint density at radius 1 is 1.27 bits per heavy atom. The van der Waals surface area contributed by atoms with Crippen molar-refractivity contribution in [1.29, 1.82) is 0 Å². The van der Waals surface area contributed by atoms with E-state index < -0.39 is 27.3 Å². The van der Waals surface area contributed by atoms with Crippen LogP contribution in [0.5, 0.6) is 0 Å². The normalized spacial score (nSPS) is 15.8. The number of hydrogen-bond acceptors (Lipinski definition) is 3. The minimum atomic E-state index is -3.44. The highest BCUT2D eigenvalue weighted by Crippen LogP contribution is 2.38. The molecule has 22 heavy (non-hydrogen) atoms. The largest absolute Gasteiger partial charge is 0.384 e. The van der Waals surface area contributed by atoms with Crippen molar-refractivity contribution in [3.63, 3.8) is 0 Å². The Labute approximate surface area is 132 Å². The molecule has 1 rings (SSSR count). The number of aromatic nitrogens is 1. The van der Waals surface area contributed by atoms with Crippen LogP contribution in [0, 0.1) is 0 Å². The van der Waals surface area contributed by atoms with Crippen molar-refractivity contribution in [3.8, 4) is 0 Å². The molecule has 7 heteroatoms. The summed E-state index contributed by atoms with van der Waals surface area (Å²) in [5, 5.41) is 9.63. The van der Waals surface area contributed by atoms with Crippen molar-refractivity contribution in [2.45, 2.75) is 57.8 Å².